The van der Waals surface area contributed by atoms with Gasteiger partial charge in [0.25, 0.3) is 0 Å². The largest absolute Gasteiger partial charge is 0.485 e. The van der Waals surface area contributed by atoms with Crippen LogP contribution in [0.25, 0.3) is 0 Å². The second kappa shape index (κ2) is 13.4. The SMILES string of the molecule is N/C(CN1CCC(C(F)(F)F)CC1)=C(/COc1cc(OCC(F)(F)F)ccc1F)SCc1ccc(C(F)(F)F)cc1. The first-order valence-electron chi connectivity index (χ1n) is 12.2. The van der Waals surface area contributed by atoms with Gasteiger partial charge in [0.2, 0.25) is 0 Å². The number of hydrogen-bond acceptors (Lipinski definition) is 5. The van der Waals surface area contributed by atoms with Crippen molar-refractivity contribution in [1.82, 2.24) is 4.90 Å². The maximum atomic E-state index is 14.3. The van der Waals surface area contributed by atoms with Gasteiger partial charge in [-0.05, 0) is 55.8 Å². The number of nitrogens with two attached hydrogens (primary N) is 1. The van der Waals surface area contributed by atoms with Gasteiger partial charge in [0.15, 0.2) is 18.2 Å². The monoisotopic (exact) mass is 620 g/mol. The van der Waals surface area contributed by atoms with Gasteiger partial charge in [-0.1, -0.05) is 12.1 Å². The highest BCUT2D eigenvalue weighted by Crippen LogP contribution is 2.35. The van der Waals surface area contributed by atoms with E-state index in [1.54, 1.807) is 4.90 Å². The van der Waals surface area contributed by atoms with E-state index in [4.69, 9.17) is 10.5 Å². The first kappa shape index (κ1) is 32.7. The van der Waals surface area contributed by atoms with Crippen molar-refractivity contribution in [2.75, 3.05) is 32.8 Å². The van der Waals surface area contributed by atoms with E-state index in [-0.39, 0.29) is 56.3 Å². The first-order chi connectivity index (χ1) is 19.0. The highest BCUT2D eigenvalue weighted by Gasteiger charge is 2.41. The minimum Gasteiger partial charge on any atom is -0.485 e. The summed E-state index contributed by atoms with van der Waals surface area (Å²) in [6, 6.07) is 7.13. The van der Waals surface area contributed by atoms with Gasteiger partial charge < -0.3 is 15.2 Å². The Kier molecular flexibility index (Phi) is 10.7. The molecule has 15 heteroatoms. The van der Waals surface area contributed by atoms with Crippen LogP contribution < -0.4 is 15.2 Å². The zero-order valence-corrected chi connectivity index (χ0v) is 22.1. The Morgan fingerprint density at radius 2 is 1.54 bits per heavy atom. The van der Waals surface area contributed by atoms with Gasteiger partial charge in [-0.2, -0.15) is 39.5 Å². The zero-order valence-electron chi connectivity index (χ0n) is 21.3. The molecule has 0 aromatic heterocycles. The molecule has 0 atom stereocenters. The van der Waals surface area contributed by atoms with E-state index in [1.165, 1.54) is 12.1 Å². The van der Waals surface area contributed by atoms with Gasteiger partial charge in [0.1, 0.15) is 12.4 Å². The summed E-state index contributed by atoms with van der Waals surface area (Å²) < 4.78 is 140. The Labute approximate surface area is 233 Å². The molecule has 0 radical (unpaired) electrons. The molecule has 1 aliphatic rings. The number of thioether (sulfide) groups is 1. The van der Waals surface area contributed by atoms with Crippen LogP contribution in [0.4, 0.5) is 43.9 Å². The number of hydrogen-bond donors (Lipinski definition) is 1. The minimum absolute atomic E-state index is 0.0560. The summed E-state index contributed by atoms with van der Waals surface area (Å²) in [5.41, 5.74) is 6.11. The fraction of sp³-hybridized carbons (Fsp3) is 0.462. The van der Waals surface area contributed by atoms with Crippen molar-refractivity contribution < 1.29 is 53.4 Å². The number of likely N-dealkylation sites (tertiary alicyclic amines) is 1. The molecule has 1 fully saturated rings. The summed E-state index contributed by atoms with van der Waals surface area (Å²) in [6.07, 6.45) is -13.7. The number of alkyl halides is 9. The molecule has 1 heterocycles. The van der Waals surface area contributed by atoms with Crippen LogP contribution in [0.1, 0.15) is 24.0 Å². The van der Waals surface area contributed by atoms with E-state index >= 15 is 0 Å². The van der Waals surface area contributed by atoms with Crippen LogP contribution in [0.15, 0.2) is 53.1 Å². The third-order valence-electron chi connectivity index (χ3n) is 6.16. The van der Waals surface area contributed by atoms with E-state index < -0.39 is 48.2 Å². The number of ether oxygens (including phenoxy) is 2. The summed E-state index contributed by atoms with van der Waals surface area (Å²) in [7, 11) is 0. The van der Waals surface area contributed by atoms with Crippen LogP contribution in [0.2, 0.25) is 0 Å². The Bertz CT molecular complexity index is 1170. The average molecular weight is 621 g/mol. The van der Waals surface area contributed by atoms with Crippen molar-refractivity contribution in [1.29, 1.82) is 0 Å². The predicted molar refractivity (Wildman–Crippen MR) is 133 cm³/mol. The molecular formula is C26H26F10N2O2S. The zero-order chi connectivity index (χ0) is 30.4. The van der Waals surface area contributed by atoms with Gasteiger partial charge in [-0.25, -0.2) is 4.39 Å². The molecule has 0 aliphatic carbocycles. The topological polar surface area (TPSA) is 47.7 Å². The normalized spacial score (nSPS) is 16.4. The Morgan fingerprint density at radius 3 is 2.10 bits per heavy atom. The van der Waals surface area contributed by atoms with Crippen LogP contribution in [0.3, 0.4) is 0 Å². The summed E-state index contributed by atoms with van der Waals surface area (Å²) in [5.74, 6) is -2.93. The molecule has 4 nitrogen and oxygen atoms in total. The van der Waals surface area contributed by atoms with Crippen molar-refractivity contribution in [3.05, 3.63) is 70.0 Å². The summed E-state index contributed by atoms with van der Waals surface area (Å²) in [6.45, 7) is -1.67. The molecule has 0 bridgehead atoms. The molecule has 0 saturated carbocycles. The van der Waals surface area contributed by atoms with Crippen LogP contribution >= 0.6 is 11.8 Å². The van der Waals surface area contributed by atoms with E-state index in [1.807, 2.05) is 0 Å². The van der Waals surface area contributed by atoms with E-state index in [0.29, 0.717) is 10.5 Å². The Balaban J connectivity index is 1.74. The lowest BCUT2D eigenvalue weighted by Gasteiger charge is -2.33. The molecule has 41 heavy (non-hydrogen) atoms. The molecule has 2 aromatic rings. The van der Waals surface area contributed by atoms with Gasteiger partial charge in [-0.15, -0.1) is 11.8 Å². The lowest BCUT2D eigenvalue weighted by molar-refractivity contribution is -0.184. The van der Waals surface area contributed by atoms with Crippen molar-refractivity contribution >= 4 is 11.8 Å². The number of benzene rings is 2. The molecule has 0 amide bonds. The number of rotatable bonds is 10. The highest BCUT2D eigenvalue weighted by molar-refractivity contribution is 8.02. The molecular weight excluding hydrogens is 594 g/mol. The molecule has 2 N–H and O–H groups in total. The van der Waals surface area contributed by atoms with Crippen molar-refractivity contribution in [2.45, 2.75) is 37.1 Å². The maximum Gasteiger partial charge on any atom is 0.422 e. The predicted octanol–water partition coefficient (Wildman–Crippen LogP) is 7.54. The lowest BCUT2D eigenvalue weighted by atomic mass is 9.96. The third-order valence-corrected chi connectivity index (χ3v) is 7.37. The van der Waals surface area contributed by atoms with Crippen molar-refractivity contribution in [3.63, 3.8) is 0 Å². The number of nitrogens with zero attached hydrogens (tertiary/aromatic N) is 1. The second-order valence-electron chi connectivity index (χ2n) is 9.31. The van der Waals surface area contributed by atoms with Crippen LogP contribution in [-0.2, 0) is 11.9 Å². The molecule has 228 valence electrons. The van der Waals surface area contributed by atoms with E-state index in [0.717, 1.165) is 42.1 Å². The number of halogens is 10. The molecule has 1 aliphatic heterocycles. The van der Waals surface area contributed by atoms with Gasteiger partial charge >= 0.3 is 18.5 Å². The third kappa shape index (κ3) is 10.5. The standard InChI is InChI=1S/C26H26F10N2O2S/c27-20-6-5-19(40-15-24(28,29)30)11-22(20)39-13-23(41-14-16-1-3-17(4-2-16)25(31,32)33)21(37)12-38-9-7-18(8-10-38)26(34,35)36/h1-6,11,18H,7-10,12-15,37H2/b23-21-. The Hall–Kier alpha value is -2.81. The lowest BCUT2D eigenvalue weighted by Crippen LogP contribution is -2.40. The fourth-order valence-corrected chi connectivity index (χ4v) is 4.85. The highest BCUT2D eigenvalue weighted by atomic mass is 32.2. The Morgan fingerprint density at radius 1 is 0.902 bits per heavy atom. The molecule has 3 rings (SSSR count). The summed E-state index contributed by atoms with van der Waals surface area (Å²) in [4.78, 5) is 2.03. The van der Waals surface area contributed by atoms with Crippen molar-refractivity contribution in [3.8, 4) is 11.5 Å². The first-order valence-corrected chi connectivity index (χ1v) is 13.2. The van der Waals surface area contributed by atoms with E-state index in [2.05, 4.69) is 4.74 Å². The van der Waals surface area contributed by atoms with Crippen LogP contribution in [-0.4, -0.2) is 50.1 Å². The van der Waals surface area contributed by atoms with Crippen molar-refractivity contribution in [2.24, 2.45) is 11.7 Å². The molecule has 0 spiro atoms. The number of piperidine rings is 1. The molecule has 1 saturated heterocycles. The van der Waals surface area contributed by atoms with Crippen LogP contribution in [0.5, 0.6) is 11.5 Å². The molecule has 2 aromatic carbocycles. The molecule has 0 unspecified atom stereocenters. The summed E-state index contributed by atoms with van der Waals surface area (Å²) >= 11 is 1.07. The fourth-order valence-electron chi connectivity index (χ4n) is 3.93. The smallest absolute Gasteiger partial charge is 0.422 e. The van der Waals surface area contributed by atoms with E-state index in [9.17, 15) is 43.9 Å². The summed E-state index contributed by atoms with van der Waals surface area (Å²) in [5, 5.41) is 0. The van der Waals surface area contributed by atoms with Gasteiger partial charge in [0, 0.05) is 29.0 Å². The average Bonchev–Trinajstić information content (AvgIpc) is 2.87. The van der Waals surface area contributed by atoms with Gasteiger partial charge in [-0.3, -0.25) is 4.90 Å². The van der Waals surface area contributed by atoms with Gasteiger partial charge in [0.05, 0.1) is 11.5 Å². The maximum absolute atomic E-state index is 14.3. The second-order valence-corrected chi connectivity index (χ2v) is 10.4. The quantitative estimate of drug-likeness (QED) is 0.278. The minimum atomic E-state index is -4.62. The van der Waals surface area contributed by atoms with Crippen LogP contribution in [0, 0.1) is 11.7 Å².